The van der Waals surface area contributed by atoms with Crippen molar-refractivity contribution >= 4 is 35.5 Å². The molecule has 0 fully saturated rings. The molecule has 31 heavy (non-hydrogen) atoms. The minimum absolute atomic E-state index is 0.352. The lowest BCUT2D eigenvalue weighted by Crippen LogP contribution is -2.59. The Hall–Kier alpha value is -3.30. The second-order valence-corrected chi connectivity index (χ2v) is 6.65. The number of hydrogen-bond acceptors (Lipinski definition) is 9. The van der Waals surface area contributed by atoms with Crippen LogP contribution < -0.4 is 33.2 Å². The van der Waals surface area contributed by atoms with E-state index < -0.39 is 78.8 Å². The number of amides is 5. The maximum atomic E-state index is 12.4. The first kappa shape index (κ1) is 27.7. The predicted octanol–water partition coefficient (Wildman–Crippen LogP) is -5.63. The molecule has 0 saturated carbocycles. The first-order valence-corrected chi connectivity index (χ1v) is 9.05. The van der Waals surface area contributed by atoms with Crippen LogP contribution in [0.15, 0.2) is 0 Å². The fourth-order valence-electron chi connectivity index (χ4n) is 2.18. The van der Waals surface area contributed by atoms with E-state index in [4.69, 9.17) is 22.3 Å². The number of primary amides is 2. The zero-order valence-corrected chi connectivity index (χ0v) is 16.7. The van der Waals surface area contributed by atoms with Crippen molar-refractivity contribution in [3.63, 3.8) is 0 Å². The smallest absolute Gasteiger partial charge is 0.326 e. The molecule has 15 nitrogen and oxygen atoms in total. The molecule has 15 heteroatoms. The van der Waals surface area contributed by atoms with Crippen LogP contribution in [0, 0.1) is 0 Å². The van der Waals surface area contributed by atoms with Crippen LogP contribution in [0.2, 0.25) is 0 Å². The molecular formula is C16H28N6O9. The topological polar surface area (TPSA) is 277 Å². The average molecular weight is 448 g/mol. The van der Waals surface area contributed by atoms with Gasteiger partial charge in [0, 0.05) is 6.42 Å². The van der Waals surface area contributed by atoms with Crippen molar-refractivity contribution in [3.05, 3.63) is 0 Å². The van der Waals surface area contributed by atoms with Gasteiger partial charge in [-0.25, -0.2) is 4.79 Å². The summed E-state index contributed by atoms with van der Waals surface area (Å²) in [7, 11) is 0. The van der Waals surface area contributed by atoms with Crippen LogP contribution in [-0.2, 0) is 28.8 Å². The van der Waals surface area contributed by atoms with E-state index in [1.54, 1.807) is 0 Å². The lowest BCUT2D eigenvalue weighted by molar-refractivity contribution is -0.144. The molecular weight excluding hydrogens is 420 g/mol. The molecule has 176 valence electrons. The first-order valence-electron chi connectivity index (χ1n) is 9.05. The van der Waals surface area contributed by atoms with Gasteiger partial charge in [0.2, 0.25) is 29.5 Å². The SMILES string of the molecule is CC(O)C(N)C(=O)NC(CO)C(=O)NC(CCC(N)=O)C(=O)NC(CC(N)=O)C(=O)O. The zero-order valence-electron chi connectivity index (χ0n) is 16.7. The number of aliphatic hydroxyl groups excluding tert-OH is 2. The molecule has 0 radical (unpaired) electrons. The van der Waals surface area contributed by atoms with E-state index in [1.807, 2.05) is 5.32 Å². The molecule has 0 heterocycles. The lowest BCUT2D eigenvalue weighted by Gasteiger charge is -2.24. The van der Waals surface area contributed by atoms with Crippen LogP contribution in [-0.4, -0.2) is 87.7 Å². The Morgan fingerprint density at radius 3 is 1.74 bits per heavy atom. The molecule has 0 aromatic carbocycles. The van der Waals surface area contributed by atoms with E-state index >= 15 is 0 Å². The summed E-state index contributed by atoms with van der Waals surface area (Å²) in [6.07, 6.45) is -2.72. The van der Waals surface area contributed by atoms with Gasteiger partial charge in [-0.3, -0.25) is 24.0 Å². The minimum atomic E-state index is -1.70. The van der Waals surface area contributed by atoms with Crippen LogP contribution in [0.5, 0.6) is 0 Å². The molecule has 0 spiro atoms. The molecule has 0 bridgehead atoms. The standard InChI is InChI=1S/C16H28N6O9/c1-6(24)12(19)15(29)22-9(5-23)14(28)20-7(2-3-10(17)25)13(27)21-8(16(30)31)4-11(18)26/h6-9,12,23-24H,2-5,19H2,1H3,(H2,17,25)(H2,18,26)(H,20,28)(H,21,27)(H,22,29)(H,30,31). The number of carboxylic acids is 1. The molecule has 0 aliphatic rings. The molecule has 0 aromatic heterocycles. The summed E-state index contributed by atoms with van der Waals surface area (Å²) in [5, 5.41) is 34.0. The van der Waals surface area contributed by atoms with Crippen molar-refractivity contribution in [1.29, 1.82) is 0 Å². The number of rotatable bonds is 14. The van der Waals surface area contributed by atoms with Crippen LogP contribution in [0.1, 0.15) is 26.2 Å². The summed E-state index contributed by atoms with van der Waals surface area (Å²) in [6.45, 7) is 0.321. The van der Waals surface area contributed by atoms with Gasteiger partial charge < -0.3 is 48.5 Å². The predicted molar refractivity (Wildman–Crippen MR) is 102 cm³/mol. The first-order chi connectivity index (χ1) is 14.3. The van der Waals surface area contributed by atoms with Gasteiger partial charge in [-0.1, -0.05) is 0 Å². The molecule has 5 unspecified atom stereocenters. The Balaban J connectivity index is 5.38. The van der Waals surface area contributed by atoms with Crippen molar-refractivity contribution in [2.45, 2.75) is 56.5 Å². The fourth-order valence-corrected chi connectivity index (χ4v) is 2.18. The molecule has 0 aliphatic heterocycles. The molecule has 5 amide bonds. The monoisotopic (exact) mass is 448 g/mol. The quantitative estimate of drug-likeness (QED) is 0.121. The normalized spacial score (nSPS) is 15.5. The van der Waals surface area contributed by atoms with Crippen molar-refractivity contribution in [2.75, 3.05) is 6.61 Å². The number of aliphatic hydroxyl groups is 2. The number of carboxylic acid groups (broad SMARTS) is 1. The summed E-state index contributed by atoms with van der Waals surface area (Å²) in [5.74, 6) is -6.52. The Bertz CT molecular complexity index is 699. The van der Waals surface area contributed by atoms with Crippen LogP contribution >= 0.6 is 0 Å². The van der Waals surface area contributed by atoms with Gasteiger partial charge in [-0.15, -0.1) is 0 Å². The van der Waals surface area contributed by atoms with E-state index in [0.29, 0.717) is 0 Å². The van der Waals surface area contributed by atoms with Crippen molar-refractivity contribution < 1.29 is 44.1 Å². The summed E-state index contributed by atoms with van der Waals surface area (Å²) in [5.41, 5.74) is 15.4. The van der Waals surface area contributed by atoms with E-state index in [0.717, 1.165) is 0 Å². The summed E-state index contributed by atoms with van der Waals surface area (Å²) in [4.78, 5) is 69.9. The number of hydrogen-bond donors (Lipinski definition) is 9. The Morgan fingerprint density at radius 1 is 0.839 bits per heavy atom. The van der Waals surface area contributed by atoms with Gasteiger partial charge in [0.25, 0.3) is 0 Å². The fraction of sp³-hybridized carbons (Fsp3) is 0.625. The van der Waals surface area contributed by atoms with E-state index in [1.165, 1.54) is 6.92 Å². The highest BCUT2D eigenvalue weighted by Gasteiger charge is 2.31. The third-order valence-electron chi connectivity index (χ3n) is 3.97. The Labute approximate surface area is 176 Å². The number of nitrogens with one attached hydrogen (secondary N) is 3. The van der Waals surface area contributed by atoms with Crippen molar-refractivity contribution in [1.82, 2.24) is 16.0 Å². The second kappa shape index (κ2) is 13.1. The van der Waals surface area contributed by atoms with E-state index in [-0.39, 0.29) is 12.8 Å². The molecule has 12 N–H and O–H groups in total. The molecule has 5 atom stereocenters. The maximum absolute atomic E-state index is 12.4. The van der Waals surface area contributed by atoms with E-state index in [9.17, 15) is 39.0 Å². The summed E-state index contributed by atoms with van der Waals surface area (Å²) >= 11 is 0. The number of carbonyl (C=O) groups is 6. The van der Waals surface area contributed by atoms with Crippen LogP contribution in [0.3, 0.4) is 0 Å². The van der Waals surface area contributed by atoms with E-state index in [2.05, 4.69) is 10.6 Å². The van der Waals surface area contributed by atoms with Crippen LogP contribution in [0.4, 0.5) is 0 Å². The maximum Gasteiger partial charge on any atom is 0.326 e. The van der Waals surface area contributed by atoms with Gasteiger partial charge in [0.1, 0.15) is 24.2 Å². The van der Waals surface area contributed by atoms with Crippen LogP contribution in [0.25, 0.3) is 0 Å². The molecule has 0 saturated heterocycles. The summed E-state index contributed by atoms with van der Waals surface area (Å²) in [6, 6.07) is -6.19. The van der Waals surface area contributed by atoms with Gasteiger partial charge in [0.15, 0.2) is 0 Å². The van der Waals surface area contributed by atoms with Crippen molar-refractivity contribution in [2.24, 2.45) is 17.2 Å². The van der Waals surface area contributed by atoms with Gasteiger partial charge >= 0.3 is 5.97 Å². The highest BCUT2D eigenvalue weighted by Crippen LogP contribution is 2.02. The highest BCUT2D eigenvalue weighted by atomic mass is 16.4. The minimum Gasteiger partial charge on any atom is -0.480 e. The molecule has 0 rings (SSSR count). The van der Waals surface area contributed by atoms with Gasteiger partial charge in [0.05, 0.1) is 19.1 Å². The third-order valence-corrected chi connectivity index (χ3v) is 3.97. The third kappa shape index (κ3) is 10.3. The molecule has 0 aromatic rings. The Morgan fingerprint density at radius 2 is 1.32 bits per heavy atom. The Kier molecular flexibility index (Phi) is 11.7. The number of aliphatic carboxylic acids is 1. The summed E-state index contributed by atoms with van der Waals surface area (Å²) < 4.78 is 0. The average Bonchev–Trinajstić information content (AvgIpc) is 2.66. The number of nitrogens with two attached hydrogens (primary N) is 3. The van der Waals surface area contributed by atoms with Gasteiger partial charge in [-0.2, -0.15) is 0 Å². The molecule has 0 aliphatic carbocycles. The van der Waals surface area contributed by atoms with Crippen molar-refractivity contribution in [3.8, 4) is 0 Å². The largest absolute Gasteiger partial charge is 0.480 e. The number of carbonyl (C=O) groups excluding carboxylic acids is 5. The zero-order chi connectivity index (χ0) is 24.3. The lowest BCUT2D eigenvalue weighted by atomic mass is 10.1. The highest BCUT2D eigenvalue weighted by molar-refractivity contribution is 5.95. The second-order valence-electron chi connectivity index (χ2n) is 6.65. The van der Waals surface area contributed by atoms with Gasteiger partial charge in [-0.05, 0) is 13.3 Å².